The third-order valence-electron chi connectivity index (χ3n) is 4.41. The van der Waals surface area contributed by atoms with E-state index in [-0.39, 0.29) is 22.8 Å². The average molecular weight is 371 g/mol. The van der Waals surface area contributed by atoms with Crippen LogP contribution in [0.3, 0.4) is 0 Å². The van der Waals surface area contributed by atoms with E-state index < -0.39 is 9.84 Å². The summed E-state index contributed by atoms with van der Waals surface area (Å²) in [7, 11) is -3.01. The minimum absolute atomic E-state index is 0.0740. The molecule has 1 N–H and O–H groups in total. The number of rotatable bonds is 3. The summed E-state index contributed by atoms with van der Waals surface area (Å²) in [6, 6.07) is 17.9. The van der Waals surface area contributed by atoms with E-state index in [2.05, 4.69) is 17.2 Å². The van der Waals surface area contributed by atoms with Gasteiger partial charge in [-0.25, -0.2) is 13.4 Å². The van der Waals surface area contributed by atoms with Crippen molar-refractivity contribution in [1.82, 2.24) is 5.01 Å². The van der Waals surface area contributed by atoms with Crippen LogP contribution in [-0.2, 0) is 9.84 Å². The fourth-order valence-corrected chi connectivity index (χ4v) is 6.86. The lowest BCUT2D eigenvalue weighted by atomic mass is 10.0. The molecule has 2 aliphatic rings. The van der Waals surface area contributed by atoms with Crippen molar-refractivity contribution < 1.29 is 8.42 Å². The Morgan fingerprint density at radius 3 is 2.44 bits per heavy atom. The molecular weight excluding hydrogens is 354 g/mol. The van der Waals surface area contributed by atoms with Crippen LogP contribution >= 0.6 is 11.8 Å². The first-order chi connectivity index (χ1) is 12.0. The molecule has 0 aromatic heterocycles. The number of sulfone groups is 1. The predicted octanol–water partition coefficient (Wildman–Crippen LogP) is 2.84. The van der Waals surface area contributed by atoms with Crippen molar-refractivity contribution >= 4 is 33.0 Å². The van der Waals surface area contributed by atoms with Gasteiger partial charge >= 0.3 is 0 Å². The molecule has 0 spiro atoms. The van der Waals surface area contributed by atoms with Crippen molar-refractivity contribution in [2.45, 2.75) is 11.3 Å². The van der Waals surface area contributed by atoms with E-state index in [1.54, 1.807) is 11.2 Å². The number of nitrogens with zero attached hydrogens (tertiary/aromatic N) is 2. The zero-order chi connectivity index (χ0) is 17.4. The third kappa shape index (κ3) is 3.34. The molecule has 7 heteroatoms. The smallest absolute Gasteiger partial charge is 0.177 e. The summed E-state index contributed by atoms with van der Waals surface area (Å²) in [5.74, 6) is 0.222. The molecule has 2 aliphatic heterocycles. The van der Waals surface area contributed by atoms with Crippen LogP contribution in [0.4, 0.5) is 0 Å². The van der Waals surface area contributed by atoms with Gasteiger partial charge in [-0.2, -0.15) is 5.10 Å². The maximum Gasteiger partial charge on any atom is 0.177 e. The van der Waals surface area contributed by atoms with Gasteiger partial charge in [0.25, 0.3) is 0 Å². The molecule has 0 radical (unpaired) electrons. The fourth-order valence-electron chi connectivity index (χ4n) is 3.14. The van der Waals surface area contributed by atoms with Crippen LogP contribution in [0.25, 0.3) is 11.1 Å². The van der Waals surface area contributed by atoms with Gasteiger partial charge in [0.05, 0.1) is 23.8 Å². The zero-order valence-electron chi connectivity index (χ0n) is 13.4. The van der Waals surface area contributed by atoms with Gasteiger partial charge in [0, 0.05) is 5.25 Å². The monoisotopic (exact) mass is 371 g/mol. The number of hydrogen-bond donors (Lipinski definition) is 1. The molecule has 2 aromatic rings. The van der Waals surface area contributed by atoms with Gasteiger partial charge < -0.3 is 0 Å². The number of fused-ring (bicyclic) bond motifs is 1. The van der Waals surface area contributed by atoms with E-state index in [1.165, 1.54) is 11.8 Å². The first kappa shape index (κ1) is 16.4. The number of thioether (sulfide) groups is 1. The predicted molar refractivity (Wildman–Crippen MR) is 103 cm³/mol. The van der Waals surface area contributed by atoms with Crippen LogP contribution in [-0.4, -0.2) is 47.6 Å². The van der Waals surface area contributed by atoms with Gasteiger partial charge in [-0.05, 0) is 16.7 Å². The lowest BCUT2D eigenvalue weighted by Gasteiger charge is -2.17. The second-order valence-corrected chi connectivity index (χ2v) is 9.56. The summed E-state index contributed by atoms with van der Waals surface area (Å²) < 4.78 is 23.6. The summed E-state index contributed by atoms with van der Waals surface area (Å²) in [6.07, 6.45) is 1.69. The Morgan fingerprint density at radius 2 is 1.72 bits per heavy atom. The maximum absolute atomic E-state index is 11.8. The molecule has 5 nitrogen and oxygen atoms in total. The molecule has 4 rings (SSSR count). The van der Waals surface area contributed by atoms with Gasteiger partial charge in [0.1, 0.15) is 0 Å². The summed E-state index contributed by atoms with van der Waals surface area (Å²) in [6.45, 7) is 0. The Balaban J connectivity index is 1.51. The van der Waals surface area contributed by atoms with Crippen LogP contribution in [0, 0.1) is 5.41 Å². The number of benzene rings is 2. The molecule has 25 heavy (non-hydrogen) atoms. The average Bonchev–Trinajstić information content (AvgIpc) is 3.04. The standard InChI is InChI=1S/C18H17N3O2S2/c19-18-21(16-11-25(22,23)12-17(16)24-18)20-10-13-6-8-15(9-7-13)14-4-2-1-3-5-14/h1-10,16-17,19H,11-12H2/b19-18?,20-10-/t16-,17-/m1/s1. The quantitative estimate of drug-likeness (QED) is 0.842. The van der Waals surface area contributed by atoms with Crippen molar-refractivity contribution in [3.8, 4) is 11.1 Å². The molecular formula is C18H17N3O2S2. The molecule has 2 fully saturated rings. The molecule has 2 atom stereocenters. The molecule has 0 unspecified atom stereocenters. The lowest BCUT2D eigenvalue weighted by Crippen LogP contribution is -2.32. The van der Waals surface area contributed by atoms with Crippen LogP contribution in [0.15, 0.2) is 59.7 Å². The van der Waals surface area contributed by atoms with E-state index in [0.717, 1.165) is 16.7 Å². The first-order valence-electron chi connectivity index (χ1n) is 7.96. The summed E-state index contributed by atoms with van der Waals surface area (Å²) in [4.78, 5) is 0. The zero-order valence-corrected chi connectivity index (χ0v) is 15.0. The third-order valence-corrected chi connectivity index (χ3v) is 7.53. The van der Waals surface area contributed by atoms with Crippen molar-refractivity contribution in [2.75, 3.05) is 11.5 Å². The Hall–Kier alpha value is -2.12. The van der Waals surface area contributed by atoms with Gasteiger partial charge in [-0.15, -0.1) is 0 Å². The number of nitrogens with one attached hydrogen (secondary N) is 1. The van der Waals surface area contributed by atoms with E-state index in [4.69, 9.17) is 5.41 Å². The highest BCUT2D eigenvalue weighted by atomic mass is 32.2. The summed E-state index contributed by atoms with van der Waals surface area (Å²) >= 11 is 1.30. The maximum atomic E-state index is 11.8. The highest BCUT2D eigenvalue weighted by Crippen LogP contribution is 2.37. The van der Waals surface area contributed by atoms with Crippen molar-refractivity contribution in [3.05, 3.63) is 60.2 Å². The van der Waals surface area contributed by atoms with E-state index >= 15 is 0 Å². The normalized spacial score (nSPS) is 24.8. The number of hydrogen-bond acceptors (Lipinski definition) is 5. The van der Waals surface area contributed by atoms with Crippen LogP contribution in [0.2, 0.25) is 0 Å². The van der Waals surface area contributed by atoms with Crippen molar-refractivity contribution in [1.29, 1.82) is 5.41 Å². The second-order valence-electron chi connectivity index (χ2n) is 6.18. The number of amidine groups is 1. The second kappa shape index (κ2) is 6.31. The van der Waals surface area contributed by atoms with Gasteiger partial charge in [-0.1, -0.05) is 66.4 Å². The van der Waals surface area contributed by atoms with E-state index in [9.17, 15) is 8.42 Å². The topological polar surface area (TPSA) is 73.6 Å². The van der Waals surface area contributed by atoms with Crippen LogP contribution < -0.4 is 0 Å². The Kier molecular flexibility index (Phi) is 4.13. The highest BCUT2D eigenvalue weighted by Gasteiger charge is 2.48. The molecule has 0 saturated carbocycles. The Labute approximate surface area is 151 Å². The minimum atomic E-state index is -3.01. The van der Waals surface area contributed by atoms with Crippen molar-refractivity contribution in [2.24, 2.45) is 5.10 Å². The molecule has 0 aliphatic carbocycles. The Morgan fingerprint density at radius 1 is 1.04 bits per heavy atom. The number of hydrazone groups is 1. The summed E-state index contributed by atoms with van der Waals surface area (Å²) in [5, 5.41) is 14.2. The fraction of sp³-hybridized carbons (Fsp3) is 0.222. The van der Waals surface area contributed by atoms with Crippen LogP contribution in [0.5, 0.6) is 0 Å². The van der Waals surface area contributed by atoms with Gasteiger partial charge in [0.15, 0.2) is 15.0 Å². The minimum Gasteiger partial charge on any atom is -0.277 e. The van der Waals surface area contributed by atoms with Gasteiger partial charge in [-0.3, -0.25) is 5.41 Å². The molecule has 2 saturated heterocycles. The lowest BCUT2D eigenvalue weighted by molar-refractivity contribution is 0.376. The largest absolute Gasteiger partial charge is 0.277 e. The van der Waals surface area contributed by atoms with E-state index in [0.29, 0.717) is 5.17 Å². The molecule has 0 bridgehead atoms. The van der Waals surface area contributed by atoms with Crippen LogP contribution in [0.1, 0.15) is 5.56 Å². The highest BCUT2D eigenvalue weighted by molar-refractivity contribution is 8.15. The SMILES string of the molecule is N=C1S[C@@H]2CS(=O)(=O)C[C@H]2N1/N=C\c1ccc(-c2ccccc2)cc1. The first-order valence-corrected chi connectivity index (χ1v) is 10.7. The molecule has 0 amide bonds. The Bertz CT molecular complexity index is 925. The van der Waals surface area contributed by atoms with Crippen molar-refractivity contribution in [3.63, 3.8) is 0 Å². The van der Waals surface area contributed by atoms with Gasteiger partial charge in [0.2, 0.25) is 0 Å². The van der Waals surface area contributed by atoms with E-state index in [1.807, 2.05) is 42.5 Å². The molecule has 128 valence electrons. The summed E-state index contributed by atoms with van der Waals surface area (Å²) in [5.41, 5.74) is 3.20. The molecule has 2 heterocycles. The molecule has 2 aromatic carbocycles.